The molecule has 1 saturated heterocycles. The number of nitrogens with two attached hydrogens (primary N) is 1. The molecule has 5 nitrogen and oxygen atoms in total. The number of hydrogen-bond acceptors (Lipinski definition) is 4. The highest BCUT2D eigenvalue weighted by Crippen LogP contribution is 2.32. The highest BCUT2D eigenvalue weighted by Gasteiger charge is 2.25. The predicted octanol–water partition coefficient (Wildman–Crippen LogP) is 1.79. The van der Waals surface area contributed by atoms with Gasteiger partial charge in [0.2, 0.25) is 0 Å². The van der Waals surface area contributed by atoms with Crippen molar-refractivity contribution in [3.05, 3.63) is 33.3 Å². The van der Waals surface area contributed by atoms with Gasteiger partial charge in [-0.3, -0.25) is 10.1 Å². The highest BCUT2D eigenvalue weighted by atomic mass is 35.5. The number of nitro groups is 1. The van der Waals surface area contributed by atoms with Crippen LogP contribution in [0.5, 0.6) is 0 Å². The molecule has 6 heteroatoms. The Morgan fingerprint density at radius 3 is 2.88 bits per heavy atom. The third-order valence-electron chi connectivity index (χ3n) is 2.70. The zero-order chi connectivity index (χ0) is 11.7. The van der Waals surface area contributed by atoms with E-state index in [1.54, 1.807) is 12.1 Å². The van der Waals surface area contributed by atoms with E-state index in [-0.39, 0.29) is 11.7 Å². The van der Waals surface area contributed by atoms with Crippen LogP contribution in [-0.2, 0) is 0 Å². The molecule has 2 N–H and O–H groups in total. The molecule has 1 aromatic carbocycles. The van der Waals surface area contributed by atoms with Crippen LogP contribution in [0.15, 0.2) is 18.2 Å². The fourth-order valence-electron chi connectivity index (χ4n) is 1.92. The summed E-state index contributed by atoms with van der Waals surface area (Å²) in [6.07, 6.45) is 0.861. The van der Waals surface area contributed by atoms with E-state index >= 15 is 0 Å². The largest absolute Gasteiger partial charge is 0.364 e. The number of anilines is 1. The Kier molecular flexibility index (Phi) is 2.98. The number of hydrogen-bond donors (Lipinski definition) is 1. The van der Waals surface area contributed by atoms with Gasteiger partial charge in [0.1, 0.15) is 5.69 Å². The lowest BCUT2D eigenvalue weighted by atomic mass is 10.2. The van der Waals surface area contributed by atoms with E-state index in [0.717, 1.165) is 13.0 Å². The molecule has 0 amide bonds. The van der Waals surface area contributed by atoms with Crippen LogP contribution >= 0.6 is 11.6 Å². The first kappa shape index (κ1) is 11.2. The minimum Gasteiger partial charge on any atom is -0.364 e. The summed E-state index contributed by atoms with van der Waals surface area (Å²) in [7, 11) is 0. The molecule has 1 heterocycles. The van der Waals surface area contributed by atoms with Gasteiger partial charge in [-0.25, -0.2) is 0 Å². The molecule has 1 fully saturated rings. The molecule has 0 aliphatic carbocycles. The first-order valence-corrected chi connectivity index (χ1v) is 5.40. The molecule has 2 rings (SSSR count). The van der Waals surface area contributed by atoms with E-state index in [9.17, 15) is 10.1 Å². The van der Waals surface area contributed by atoms with Gasteiger partial charge >= 0.3 is 0 Å². The van der Waals surface area contributed by atoms with Crippen molar-refractivity contribution in [3.8, 4) is 0 Å². The van der Waals surface area contributed by atoms with Crippen LogP contribution in [0.1, 0.15) is 6.42 Å². The maximum Gasteiger partial charge on any atom is 0.294 e. The van der Waals surface area contributed by atoms with E-state index in [1.807, 2.05) is 4.90 Å². The topological polar surface area (TPSA) is 72.4 Å². The summed E-state index contributed by atoms with van der Waals surface area (Å²) in [6, 6.07) is 4.81. The number of halogens is 1. The smallest absolute Gasteiger partial charge is 0.294 e. The van der Waals surface area contributed by atoms with Crippen molar-refractivity contribution < 1.29 is 4.92 Å². The van der Waals surface area contributed by atoms with Gasteiger partial charge in [-0.05, 0) is 18.6 Å². The van der Waals surface area contributed by atoms with Crippen molar-refractivity contribution in [1.82, 2.24) is 0 Å². The second-order valence-corrected chi connectivity index (χ2v) is 4.32. The average Bonchev–Trinajstić information content (AvgIpc) is 2.64. The number of benzene rings is 1. The molecular formula is C10H12ClN3O2. The Labute approximate surface area is 97.9 Å². The summed E-state index contributed by atoms with van der Waals surface area (Å²) < 4.78 is 0. The Hall–Kier alpha value is -1.33. The van der Waals surface area contributed by atoms with Crippen molar-refractivity contribution in [3.63, 3.8) is 0 Å². The van der Waals surface area contributed by atoms with E-state index in [4.69, 9.17) is 17.3 Å². The standard InChI is InChI=1S/C10H12ClN3O2/c11-7-1-2-9(10(5-7)14(15)16)13-4-3-8(12)6-13/h1-2,5,8H,3-4,6,12H2. The predicted molar refractivity (Wildman–Crippen MR) is 62.9 cm³/mol. The Morgan fingerprint density at radius 1 is 1.56 bits per heavy atom. The number of nitro benzene ring substituents is 1. The van der Waals surface area contributed by atoms with Gasteiger partial charge in [-0.2, -0.15) is 0 Å². The molecule has 1 aliphatic rings. The average molecular weight is 242 g/mol. The minimum absolute atomic E-state index is 0.0431. The minimum atomic E-state index is -0.412. The van der Waals surface area contributed by atoms with E-state index < -0.39 is 4.92 Å². The maximum atomic E-state index is 10.9. The Balaban J connectivity index is 2.36. The van der Waals surface area contributed by atoms with Crippen LogP contribution in [0.3, 0.4) is 0 Å². The van der Waals surface area contributed by atoms with E-state index in [1.165, 1.54) is 6.07 Å². The molecule has 1 unspecified atom stereocenters. The normalized spacial score (nSPS) is 20.1. The Morgan fingerprint density at radius 2 is 2.31 bits per heavy atom. The van der Waals surface area contributed by atoms with Crippen molar-refractivity contribution in [1.29, 1.82) is 0 Å². The quantitative estimate of drug-likeness (QED) is 0.633. The monoisotopic (exact) mass is 241 g/mol. The molecule has 0 bridgehead atoms. The molecule has 0 spiro atoms. The second-order valence-electron chi connectivity index (χ2n) is 3.88. The van der Waals surface area contributed by atoms with Crippen LogP contribution < -0.4 is 10.6 Å². The number of rotatable bonds is 2. The molecule has 0 saturated carbocycles. The molecule has 0 radical (unpaired) electrons. The molecule has 86 valence electrons. The molecular weight excluding hydrogens is 230 g/mol. The fourth-order valence-corrected chi connectivity index (χ4v) is 2.08. The van der Waals surface area contributed by atoms with Gasteiger partial charge in [-0.1, -0.05) is 11.6 Å². The van der Waals surface area contributed by atoms with Crippen molar-refractivity contribution in [2.45, 2.75) is 12.5 Å². The van der Waals surface area contributed by atoms with Crippen LogP contribution in [0.4, 0.5) is 11.4 Å². The third-order valence-corrected chi connectivity index (χ3v) is 2.93. The summed E-state index contributed by atoms with van der Waals surface area (Å²) >= 11 is 5.75. The van der Waals surface area contributed by atoms with Gasteiger partial charge in [0, 0.05) is 30.2 Å². The molecule has 1 aliphatic heterocycles. The summed E-state index contributed by atoms with van der Waals surface area (Å²) in [6.45, 7) is 1.41. The molecule has 1 atom stereocenters. The second kappa shape index (κ2) is 4.27. The maximum absolute atomic E-state index is 10.9. The van der Waals surface area contributed by atoms with E-state index in [2.05, 4.69) is 0 Å². The summed E-state index contributed by atoms with van der Waals surface area (Å²) in [4.78, 5) is 12.4. The lowest BCUT2D eigenvalue weighted by Crippen LogP contribution is -2.26. The zero-order valence-electron chi connectivity index (χ0n) is 8.60. The van der Waals surface area contributed by atoms with Gasteiger partial charge in [0.15, 0.2) is 0 Å². The van der Waals surface area contributed by atoms with Gasteiger partial charge in [0.05, 0.1) is 4.92 Å². The number of nitrogens with zero attached hydrogens (tertiary/aromatic N) is 2. The molecule has 1 aromatic rings. The van der Waals surface area contributed by atoms with Crippen LogP contribution in [0.2, 0.25) is 5.02 Å². The third kappa shape index (κ3) is 2.10. The first-order valence-electron chi connectivity index (χ1n) is 5.02. The lowest BCUT2D eigenvalue weighted by Gasteiger charge is -2.17. The van der Waals surface area contributed by atoms with Crippen molar-refractivity contribution >= 4 is 23.0 Å². The lowest BCUT2D eigenvalue weighted by molar-refractivity contribution is -0.384. The summed E-state index contributed by atoms with van der Waals surface area (Å²) in [5.74, 6) is 0. The van der Waals surface area contributed by atoms with Crippen molar-refractivity contribution in [2.24, 2.45) is 5.73 Å². The van der Waals surface area contributed by atoms with Crippen LogP contribution in [0.25, 0.3) is 0 Å². The van der Waals surface area contributed by atoms with Gasteiger partial charge in [0.25, 0.3) is 5.69 Å². The summed E-state index contributed by atoms with van der Waals surface area (Å²) in [5, 5.41) is 11.3. The SMILES string of the molecule is NC1CCN(c2ccc(Cl)cc2[N+](=O)[O-])C1. The van der Waals surface area contributed by atoms with Gasteiger partial charge < -0.3 is 10.6 Å². The first-order chi connectivity index (χ1) is 7.58. The van der Waals surface area contributed by atoms with Crippen LogP contribution in [0, 0.1) is 10.1 Å². The van der Waals surface area contributed by atoms with E-state index in [0.29, 0.717) is 17.3 Å². The highest BCUT2D eigenvalue weighted by molar-refractivity contribution is 6.30. The Bertz CT molecular complexity index is 425. The van der Waals surface area contributed by atoms with Gasteiger partial charge in [-0.15, -0.1) is 0 Å². The van der Waals surface area contributed by atoms with Crippen LogP contribution in [-0.4, -0.2) is 24.1 Å². The fraction of sp³-hybridized carbons (Fsp3) is 0.400. The summed E-state index contributed by atoms with van der Waals surface area (Å²) in [5.41, 5.74) is 6.42. The molecule has 0 aromatic heterocycles. The molecule has 16 heavy (non-hydrogen) atoms. The zero-order valence-corrected chi connectivity index (χ0v) is 9.35. The van der Waals surface area contributed by atoms with Crippen molar-refractivity contribution in [2.75, 3.05) is 18.0 Å².